The first kappa shape index (κ1) is 27.3. The number of amides is 1. The number of morpholine rings is 1. The van der Waals surface area contributed by atoms with Gasteiger partial charge in [0.15, 0.2) is 0 Å². The number of hydrogen-bond acceptors (Lipinski definition) is 10. The van der Waals surface area contributed by atoms with Crippen LogP contribution in [0.15, 0.2) is 36.2 Å². The molecule has 1 aromatic heterocycles. The topological polar surface area (TPSA) is 143 Å². The molecule has 4 heterocycles. The molecule has 12 heteroatoms. The molecule has 1 unspecified atom stereocenters. The van der Waals surface area contributed by atoms with E-state index in [1.165, 1.54) is 6.07 Å². The molecule has 1 amide bonds. The lowest BCUT2D eigenvalue weighted by atomic mass is 9.98. The summed E-state index contributed by atoms with van der Waals surface area (Å²) in [5.41, 5.74) is 22.9. The van der Waals surface area contributed by atoms with E-state index in [1.54, 1.807) is 19.3 Å². The standard InChI is InChI=1S/C27H38FN9O2/c1-18(38)35-8-6-34(7-9-35)17-19-2-3-22(28)23(14-19)37-5-4-21(24(29)20-15-32-27(31)33-16-20)25(37)26(30)36-10-12-39-13-11-36/h2-3,14-16,25-26H,4-13,17,29-30H2,1H3,(H2,31,32,33)/b24-21-/t25-,26?/m1/s1. The van der Waals surface area contributed by atoms with Crippen LogP contribution in [0.3, 0.4) is 0 Å². The second-order valence-electron chi connectivity index (χ2n) is 10.4. The SMILES string of the molecule is CC(=O)N1CCN(Cc2ccc(F)c(N3CC/C(=C(/N)c4cnc(N)nc4)[C@@H]3C(N)N3CCOCC3)c2)CC1. The van der Waals surface area contributed by atoms with Crippen molar-refractivity contribution in [1.82, 2.24) is 24.7 Å². The molecule has 6 N–H and O–H groups in total. The molecular weight excluding hydrogens is 501 g/mol. The van der Waals surface area contributed by atoms with Gasteiger partial charge in [-0.3, -0.25) is 14.6 Å². The van der Waals surface area contributed by atoms with Crippen molar-refractivity contribution in [2.75, 3.05) is 69.7 Å². The summed E-state index contributed by atoms with van der Waals surface area (Å²) >= 11 is 0. The van der Waals surface area contributed by atoms with E-state index in [1.807, 2.05) is 21.9 Å². The first-order chi connectivity index (χ1) is 18.8. The third kappa shape index (κ3) is 5.98. The van der Waals surface area contributed by atoms with Gasteiger partial charge in [0.25, 0.3) is 0 Å². The van der Waals surface area contributed by atoms with Gasteiger partial charge in [-0.1, -0.05) is 6.07 Å². The van der Waals surface area contributed by atoms with Crippen molar-refractivity contribution in [3.8, 4) is 0 Å². The Morgan fingerprint density at radius 1 is 1.10 bits per heavy atom. The Bertz CT molecular complexity index is 1190. The van der Waals surface area contributed by atoms with Gasteiger partial charge in [0.2, 0.25) is 11.9 Å². The predicted octanol–water partition coefficient (Wildman–Crippen LogP) is 0.428. The lowest BCUT2D eigenvalue weighted by molar-refractivity contribution is -0.130. The lowest BCUT2D eigenvalue weighted by Gasteiger charge is -2.40. The van der Waals surface area contributed by atoms with Crippen LogP contribution >= 0.6 is 0 Å². The number of benzene rings is 1. The second kappa shape index (κ2) is 11.8. The number of nitrogen functional groups attached to an aromatic ring is 1. The number of piperazine rings is 1. The van der Waals surface area contributed by atoms with Gasteiger partial charge in [-0.15, -0.1) is 0 Å². The maximum absolute atomic E-state index is 15.5. The van der Waals surface area contributed by atoms with E-state index in [0.717, 1.165) is 24.2 Å². The summed E-state index contributed by atoms with van der Waals surface area (Å²) in [6, 6.07) is 4.95. The van der Waals surface area contributed by atoms with E-state index in [9.17, 15) is 4.79 Å². The molecule has 0 spiro atoms. The van der Waals surface area contributed by atoms with Crippen LogP contribution in [0.25, 0.3) is 5.70 Å². The Morgan fingerprint density at radius 3 is 2.46 bits per heavy atom. The van der Waals surface area contributed by atoms with E-state index in [4.69, 9.17) is 21.9 Å². The van der Waals surface area contributed by atoms with Crippen LogP contribution in [-0.2, 0) is 16.1 Å². The normalized spacial score (nSPS) is 23.2. The van der Waals surface area contributed by atoms with Crippen LogP contribution in [0, 0.1) is 5.82 Å². The number of carbonyl (C=O) groups is 1. The molecule has 3 saturated heterocycles. The summed E-state index contributed by atoms with van der Waals surface area (Å²) < 4.78 is 21.0. The van der Waals surface area contributed by atoms with E-state index in [2.05, 4.69) is 19.8 Å². The zero-order valence-corrected chi connectivity index (χ0v) is 22.4. The number of carbonyl (C=O) groups excluding carboxylic acids is 1. The first-order valence-corrected chi connectivity index (χ1v) is 13.5. The Morgan fingerprint density at radius 2 is 1.79 bits per heavy atom. The highest BCUT2D eigenvalue weighted by Crippen LogP contribution is 2.36. The van der Waals surface area contributed by atoms with Crippen molar-refractivity contribution in [1.29, 1.82) is 0 Å². The number of hydrogen-bond donors (Lipinski definition) is 3. The van der Waals surface area contributed by atoms with Crippen LogP contribution in [0.5, 0.6) is 0 Å². The molecule has 3 aliphatic rings. The molecule has 2 atom stereocenters. The number of ether oxygens (including phenoxy) is 1. The zero-order chi connectivity index (χ0) is 27.5. The van der Waals surface area contributed by atoms with Crippen LogP contribution in [-0.4, -0.2) is 102 Å². The lowest BCUT2D eigenvalue weighted by Crippen LogP contribution is -2.58. The largest absolute Gasteiger partial charge is 0.398 e. The number of nitrogens with two attached hydrogens (primary N) is 3. The number of rotatable bonds is 6. The number of halogens is 1. The van der Waals surface area contributed by atoms with Crippen molar-refractivity contribution in [2.45, 2.75) is 32.1 Å². The van der Waals surface area contributed by atoms with E-state index in [-0.39, 0.29) is 23.7 Å². The molecular formula is C27H38FN9O2. The van der Waals surface area contributed by atoms with Gasteiger partial charge in [-0.05, 0) is 29.7 Å². The van der Waals surface area contributed by atoms with Gasteiger partial charge in [0.1, 0.15) is 5.82 Å². The molecule has 11 nitrogen and oxygen atoms in total. The molecule has 1 aromatic carbocycles. The van der Waals surface area contributed by atoms with Crippen molar-refractivity contribution in [2.24, 2.45) is 11.5 Å². The van der Waals surface area contributed by atoms with Crippen LogP contribution in [0.2, 0.25) is 0 Å². The minimum absolute atomic E-state index is 0.101. The summed E-state index contributed by atoms with van der Waals surface area (Å²) in [5.74, 6) is -0.0215. The van der Waals surface area contributed by atoms with Gasteiger partial charge in [0, 0.05) is 82.9 Å². The molecule has 210 valence electrons. The summed E-state index contributed by atoms with van der Waals surface area (Å²) in [6.45, 7) is 8.42. The Labute approximate surface area is 228 Å². The Balaban J connectivity index is 1.44. The quantitative estimate of drug-likeness (QED) is 0.473. The first-order valence-electron chi connectivity index (χ1n) is 13.5. The van der Waals surface area contributed by atoms with Gasteiger partial charge < -0.3 is 31.7 Å². The molecule has 5 rings (SSSR count). The molecule has 3 aliphatic heterocycles. The highest BCUT2D eigenvalue weighted by atomic mass is 19.1. The average molecular weight is 540 g/mol. The second-order valence-corrected chi connectivity index (χ2v) is 10.4. The van der Waals surface area contributed by atoms with Gasteiger partial charge >= 0.3 is 0 Å². The zero-order valence-electron chi connectivity index (χ0n) is 22.4. The van der Waals surface area contributed by atoms with Gasteiger partial charge in [-0.2, -0.15) is 0 Å². The van der Waals surface area contributed by atoms with Crippen molar-refractivity contribution in [3.63, 3.8) is 0 Å². The number of aromatic nitrogens is 2. The molecule has 0 saturated carbocycles. The highest BCUT2D eigenvalue weighted by molar-refractivity contribution is 5.73. The van der Waals surface area contributed by atoms with Crippen LogP contribution in [0.1, 0.15) is 24.5 Å². The predicted molar refractivity (Wildman–Crippen MR) is 148 cm³/mol. The number of nitrogens with zero attached hydrogens (tertiary/aromatic N) is 6. The fraction of sp³-hybridized carbons (Fsp3) is 0.519. The summed E-state index contributed by atoms with van der Waals surface area (Å²) in [7, 11) is 0. The minimum atomic E-state index is -0.414. The smallest absolute Gasteiger partial charge is 0.219 e. The molecule has 2 aromatic rings. The number of anilines is 2. The van der Waals surface area contributed by atoms with Crippen LogP contribution in [0.4, 0.5) is 16.0 Å². The van der Waals surface area contributed by atoms with Gasteiger partial charge in [0.05, 0.1) is 31.1 Å². The van der Waals surface area contributed by atoms with Crippen molar-refractivity contribution >= 4 is 23.2 Å². The maximum Gasteiger partial charge on any atom is 0.219 e. The minimum Gasteiger partial charge on any atom is -0.398 e. The Hall–Kier alpha value is -3.32. The third-order valence-electron chi connectivity index (χ3n) is 7.98. The van der Waals surface area contributed by atoms with Crippen LogP contribution < -0.4 is 22.1 Å². The molecule has 39 heavy (non-hydrogen) atoms. The Kier molecular flexibility index (Phi) is 8.26. The summed E-state index contributed by atoms with van der Waals surface area (Å²) in [4.78, 5) is 28.3. The van der Waals surface area contributed by atoms with Gasteiger partial charge in [-0.25, -0.2) is 14.4 Å². The molecule has 3 fully saturated rings. The maximum atomic E-state index is 15.5. The monoisotopic (exact) mass is 539 g/mol. The fourth-order valence-corrected chi connectivity index (χ4v) is 5.76. The molecule has 0 radical (unpaired) electrons. The molecule has 0 aliphatic carbocycles. The fourth-order valence-electron chi connectivity index (χ4n) is 5.76. The molecule has 0 bridgehead atoms. The highest BCUT2D eigenvalue weighted by Gasteiger charge is 2.40. The third-order valence-corrected chi connectivity index (χ3v) is 7.98. The van der Waals surface area contributed by atoms with Crippen molar-refractivity contribution in [3.05, 3.63) is 53.1 Å². The van der Waals surface area contributed by atoms with E-state index in [0.29, 0.717) is 75.9 Å². The summed E-state index contributed by atoms with van der Waals surface area (Å²) in [5, 5.41) is 0. The average Bonchev–Trinajstić information content (AvgIpc) is 3.39. The van der Waals surface area contributed by atoms with E-state index >= 15 is 4.39 Å². The summed E-state index contributed by atoms with van der Waals surface area (Å²) in [6.07, 6.45) is 3.44. The van der Waals surface area contributed by atoms with E-state index < -0.39 is 6.17 Å². The van der Waals surface area contributed by atoms with Crippen molar-refractivity contribution < 1.29 is 13.9 Å².